The SMILES string of the molecule is CCC(C)C(=O)CN1C(=O)C(=O)c2cc(Br)ccc21. The maximum Gasteiger partial charge on any atom is 0.299 e. The number of halogens is 1. The fourth-order valence-corrected chi connectivity index (χ4v) is 2.33. The van der Waals surface area contributed by atoms with E-state index in [1.54, 1.807) is 18.2 Å². The number of ketones is 2. The largest absolute Gasteiger partial charge is 0.299 e. The monoisotopic (exact) mass is 323 g/mol. The van der Waals surface area contributed by atoms with Crippen LogP contribution >= 0.6 is 15.9 Å². The lowest BCUT2D eigenvalue weighted by molar-refractivity contribution is -0.123. The fourth-order valence-electron chi connectivity index (χ4n) is 1.97. The van der Waals surface area contributed by atoms with Crippen LogP contribution in [-0.4, -0.2) is 24.0 Å². The molecule has 5 heteroatoms. The Bertz CT molecular complexity index is 568. The number of hydrogen-bond acceptors (Lipinski definition) is 3. The molecule has 19 heavy (non-hydrogen) atoms. The van der Waals surface area contributed by atoms with Crippen molar-refractivity contribution in [3.05, 3.63) is 28.2 Å². The lowest BCUT2D eigenvalue weighted by Crippen LogP contribution is -2.36. The first-order valence-corrected chi connectivity index (χ1v) is 6.93. The number of carbonyl (C=O) groups excluding carboxylic acids is 3. The van der Waals surface area contributed by atoms with Crippen LogP contribution in [0.25, 0.3) is 0 Å². The first kappa shape index (κ1) is 13.9. The van der Waals surface area contributed by atoms with Crippen molar-refractivity contribution in [2.75, 3.05) is 11.4 Å². The molecule has 0 saturated heterocycles. The van der Waals surface area contributed by atoms with E-state index in [9.17, 15) is 14.4 Å². The van der Waals surface area contributed by atoms with E-state index in [1.165, 1.54) is 4.90 Å². The summed E-state index contributed by atoms with van der Waals surface area (Å²) in [5.41, 5.74) is 0.881. The molecule has 1 aromatic rings. The average Bonchev–Trinajstić information content (AvgIpc) is 2.62. The molecule has 0 fully saturated rings. The third-order valence-corrected chi connectivity index (χ3v) is 3.90. The van der Waals surface area contributed by atoms with Gasteiger partial charge in [0.15, 0.2) is 5.78 Å². The summed E-state index contributed by atoms with van der Waals surface area (Å²) >= 11 is 3.27. The van der Waals surface area contributed by atoms with Gasteiger partial charge in [-0.25, -0.2) is 0 Å². The minimum atomic E-state index is -0.621. The van der Waals surface area contributed by atoms with Gasteiger partial charge in [-0.2, -0.15) is 0 Å². The summed E-state index contributed by atoms with van der Waals surface area (Å²) in [6.07, 6.45) is 0.724. The van der Waals surface area contributed by atoms with Crippen molar-refractivity contribution in [2.24, 2.45) is 5.92 Å². The standard InChI is InChI=1S/C14H14BrNO3/c1-3-8(2)12(17)7-16-11-5-4-9(15)6-10(11)13(18)14(16)19/h4-6,8H,3,7H2,1-2H3. The van der Waals surface area contributed by atoms with Crippen molar-refractivity contribution in [1.82, 2.24) is 0 Å². The van der Waals surface area contributed by atoms with Crippen molar-refractivity contribution in [3.63, 3.8) is 0 Å². The Morgan fingerprint density at radius 1 is 1.37 bits per heavy atom. The van der Waals surface area contributed by atoms with Gasteiger partial charge in [0.25, 0.3) is 11.7 Å². The number of rotatable bonds is 4. The van der Waals surface area contributed by atoms with Crippen LogP contribution in [0.4, 0.5) is 5.69 Å². The Morgan fingerprint density at radius 3 is 2.68 bits per heavy atom. The number of hydrogen-bond donors (Lipinski definition) is 0. The van der Waals surface area contributed by atoms with Gasteiger partial charge in [-0.3, -0.25) is 19.3 Å². The molecule has 0 spiro atoms. The quantitative estimate of drug-likeness (QED) is 0.800. The summed E-state index contributed by atoms with van der Waals surface area (Å²) in [4.78, 5) is 37.0. The van der Waals surface area contributed by atoms with E-state index in [-0.39, 0.29) is 18.2 Å². The normalized spacial score (nSPS) is 15.6. The molecule has 2 rings (SSSR count). The molecule has 4 nitrogen and oxygen atoms in total. The van der Waals surface area contributed by atoms with Gasteiger partial charge in [-0.1, -0.05) is 29.8 Å². The molecule has 1 atom stereocenters. The highest BCUT2D eigenvalue weighted by atomic mass is 79.9. The highest BCUT2D eigenvalue weighted by molar-refractivity contribution is 9.10. The van der Waals surface area contributed by atoms with Gasteiger partial charge in [0, 0.05) is 10.4 Å². The molecule has 1 unspecified atom stereocenters. The van der Waals surface area contributed by atoms with Crippen molar-refractivity contribution >= 4 is 39.1 Å². The second kappa shape index (κ2) is 5.25. The molecule has 0 aliphatic carbocycles. The summed E-state index contributed by atoms with van der Waals surface area (Å²) in [5, 5.41) is 0. The zero-order chi connectivity index (χ0) is 14.2. The van der Waals surface area contributed by atoms with Crippen molar-refractivity contribution in [1.29, 1.82) is 0 Å². The number of anilines is 1. The van der Waals surface area contributed by atoms with E-state index in [2.05, 4.69) is 15.9 Å². The predicted octanol–water partition coefficient (Wildman–Crippen LogP) is 2.59. The second-order valence-corrected chi connectivity index (χ2v) is 5.57. The molecule has 1 aromatic carbocycles. The fraction of sp³-hybridized carbons (Fsp3) is 0.357. The molecule has 100 valence electrons. The molecule has 1 amide bonds. The lowest BCUT2D eigenvalue weighted by Gasteiger charge is -2.17. The predicted molar refractivity (Wildman–Crippen MR) is 75.3 cm³/mol. The van der Waals surface area contributed by atoms with Crippen LogP contribution < -0.4 is 4.90 Å². The van der Waals surface area contributed by atoms with Crippen LogP contribution in [-0.2, 0) is 9.59 Å². The summed E-state index contributed by atoms with van der Waals surface area (Å²) in [6, 6.07) is 5.06. The van der Waals surface area contributed by atoms with Crippen LogP contribution in [0.1, 0.15) is 30.6 Å². The lowest BCUT2D eigenvalue weighted by atomic mass is 10.0. The molecule has 1 aliphatic rings. The molecular weight excluding hydrogens is 310 g/mol. The molecule has 0 radical (unpaired) electrons. The van der Waals surface area contributed by atoms with Crippen molar-refractivity contribution < 1.29 is 14.4 Å². The van der Waals surface area contributed by atoms with Crippen LogP contribution in [0.2, 0.25) is 0 Å². The molecular formula is C14H14BrNO3. The smallest absolute Gasteiger partial charge is 0.297 e. The van der Waals surface area contributed by atoms with Gasteiger partial charge in [0.1, 0.15) is 0 Å². The zero-order valence-electron chi connectivity index (χ0n) is 10.8. The molecule has 0 bridgehead atoms. The molecule has 1 heterocycles. The summed E-state index contributed by atoms with van der Waals surface area (Å²) < 4.78 is 0.738. The third-order valence-electron chi connectivity index (χ3n) is 3.41. The average molecular weight is 324 g/mol. The highest BCUT2D eigenvalue weighted by Crippen LogP contribution is 2.31. The number of nitrogens with zero attached hydrogens (tertiary/aromatic N) is 1. The maximum absolute atomic E-state index is 11.9. The topological polar surface area (TPSA) is 54.5 Å². The number of benzene rings is 1. The van der Waals surface area contributed by atoms with Gasteiger partial charge < -0.3 is 0 Å². The van der Waals surface area contributed by atoms with E-state index in [4.69, 9.17) is 0 Å². The Kier molecular flexibility index (Phi) is 3.85. The van der Waals surface area contributed by atoms with Crippen LogP contribution in [0.5, 0.6) is 0 Å². The number of amides is 1. The number of Topliss-reactive ketones (excluding diaryl/α,β-unsaturated/α-hetero) is 2. The first-order chi connectivity index (χ1) is 8.95. The van der Waals surface area contributed by atoms with Gasteiger partial charge in [-0.15, -0.1) is 0 Å². The molecule has 1 aliphatic heterocycles. The summed E-state index contributed by atoms with van der Waals surface area (Å²) in [5.74, 6) is -1.31. The van der Waals surface area contributed by atoms with E-state index in [1.807, 2.05) is 13.8 Å². The maximum atomic E-state index is 11.9. The minimum Gasteiger partial charge on any atom is -0.297 e. The van der Waals surface area contributed by atoms with Gasteiger partial charge in [0.05, 0.1) is 17.8 Å². The number of fused-ring (bicyclic) bond motifs is 1. The van der Waals surface area contributed by atoms with Gasteiger partial charge in [-0.05, 0) is 24.6 Å². The first-order valence-electron chi connectivity index (χ1n) is 6.14. The van der Waals surface area contributed by atoms with E-state index in [0.717, 1.165) is 10.9 Å². The van der Waals surface area contributed by atoms with E-state index < -0.39 is 11.7 Å². The van der Waals surface area contributed by atoms with E-state index >= 15 is 0 Å². The minimum absolute atomic E-state index is 0.0283. The Labute approximate surface area is 119 Å². The van der Waals surface area contributed by atoms with Crippen LogP contribution in [0.3, 0.4) is 0 Å². The van der Waals surface area contributed by atoms with E-state index in [0.29, 0.717) is 11.3 Å². The van der Waals surface area contributed by atoms with Crippen molar-refractivity contribution in [2.45, 2.75) is 20.3 Å². The summed E-state index contributed by atoms with van der Waals surface area (Å²) in [6.45, 7) is 3.71. The van der Waals surface area contributed by atoms with Gasteiger partial charge in [0.2, 0.25) is 0 Å². The van der Waals surface area contributed by atoms with Crippen LogP contribution in [0, 0.1) is 5.92 Å². The Morgan fingerprint density at radius 2 is 2.05 bits per heavy atom. The molecule has 0 N–H and O–H groups in total. The Balaban J connectivity index is 2.31. The molecule has 0 saturated carbocycles. The molecule has 0 aromatic heterocycles. The highest BCUT2D eigenvalue weighted by Gasteiger charge is 2.37. The Hall–Kier alpha value is -1.49. The summed E-state index contributed by atoms with van der Waals surface area (Å²) in [7, 11) is 0. The second-order valence-electron chi connectivity index (χ2n) is 4.66. The van der Waals surface area contributed by atoms with Gasteiger partial charge >= 0.3 is 0 Å². The third kappa shape index (κ3) is 2.47. The number of carbonyl (C=O) groups is 3. The zero-order valence-corrected chi connectivity index (χ0v) is 12.4. The van der Waals surface area contributed by atoms with Crippen molar-refractivity contribution in [3.8, 4) is 0 Å². The van der Waals surface area contributed by atoms with Crippen LogP contribution in [0.15, 0.2) is 22.7 Å².